The summed E-state index contributed by atoms with van der Waals surface area (Å²) in [4.78, 5) is 1.42. The van der Waals surface area contributed by atoms with Gasteiger partial charge in [-0.25, -0.2) is 0 Å². The summed E-state index contributed by atoms with van der Waals surface area (Å²) in [5, 5.41) is 0.670. The summed E-state index contributed by atoms with van der Waals surface area (Å²) in [6.07, 6.45) is 0. The third-order valence-corrected chi connectivity index (χ3v) is 3.28. The largest absolute Gasteiger partial charge is 0.486 e. The standard InChI is InChI=1S/C16H18ClNO/c1-18(13-14-7-3-2-4-8-14)11-12-19-16-10-6-5-9-15(16)17/h2-10H,11-13H2,1H3/p+1. The van der Waals surface area contributed by atoms with Crippen LogP contribution in [0.4, 0.5) is 0 Å². The van der Waals surface area contributed by atoms with Gasteiger partial charge >= 0.3 is 0 Å². The Bertz CT molecular complexity index is 501. The summed E-state index contributed by atoms with van der Waals surface area (Å²) < 4.78 is 5.69. The van der Waals surface area contributed by atoms with Gasteiger partial charge in [-0.2, -0.15) is 0 Å². The van der Waals surface area contributed by atoms with E-state index >= 15 is 0 Å². The highest BCUT2D eigenvalue weighted by molar-refractivity contribution is 6.32. The molecule has 0 saturated carbocycles. The van der Waals surface area contributed by atoms with Crippen LogP contribution >= 0.6 is 11.6 Å². The van der Waals surface area contributed by atoms with Gasteiger partial charge in [-0.1, -0.05) is 54.1 Å². The maximum absolute atomic E-state index is 6.04. The van der Waals surface area contributed by atoms with Crippen molar-refractivity contribution in [2.24, 2.45) is 0 Å². The van der Waals surface area contributed by atoms with E-state index in [1.807, 2.05) is 30.3 Å². The molecule has 0 heterocycles. The van der Waals surface area contributed by atoms with E-state index in [1.54, 1.807) is 0 Å². The smallest absolute Gasteiger partial charge is 0.138 e. The van der Waals surface area contributed by atoms with Crippen LogP contribution in [0.15, 0.2) is 54.6 Å². The van der Waals surface area contributed by atoms with E-state index in [-0.39, 0.29) is 0 Å². The fourth-order valence-corrected chi connectivity index (χ4v) is 2.12. The number of ether oxygens (including phenoxy) is 1. The molecule has 0 amide bonds. The summed E-state index contributed by atoms with van der Waals surface area (Å²) in [7, 11) is 2.17. The first-order chi connectivity index (χ1) is 9.25. The maximum atomic E-state index is 6.04. The van der Waals surface area contributed by atoms with Gasteiger partial charge in [-0.15, -0.1) is 0 Å². The second kappa shape index (κ2) is 7.17. The minimum absolute atomic E-state index is 0.669. The molecule has 100 valence electrons. The molecule has 1 N–H and O–H groups in total. The van der Waals surface area contributed by atoms with E-state index < -0.39 is 0 Å². The van der Waals surface area contributed by atoms with E-state index in [0.717, 1.165) is 18.8 Å². The van der Waals surface area contributed by atoms with Gasteiger partial charge in [0.1, 0.15) is 25.4 Å². The predicted octanol–water partition coefficient (Wildman–Crippen LogP) is 2.43. The molecule has 3 heteroatoms. The van der Waals surface area contributed by atoms with Crippen LogP contribution in [-0.4, -0.2) is 20.2 Å². The van der Waals surface area contributed by atoms with Crippen molar-refractivity contribution in [1.29, 1.82) is 0 Å². The van der Waals surface area contributed by atoms with Crippen molar-refractivity contribution < 1.29 is 9.64 Å². The first-order valence-electron chi connectivity index (χ1n) is 6.48. The van der Waals surface area contributed by atoms with E-state index in [4.69, 9.17) is 16.3 Å². The number of benzene rings is 2. The average molecular weight is 277 g/mol. The van der Waals surface area contributed by atoms with E-state index in [9.17, 15) is 0 Å². The molecule has 0 aliphatic rings. The number of hydrogen-bond donors (Lipinski definition) is 1. The van der Waals surface area contributed by atoms with Crippen LogP contribution in [0.25, 0.3) is 0 Å². The zero-order valence-corrected chi connectivity index (χ0v) is 11.9. The monoisotopic (exact) mass is 276 g/mol. The highest BCUT2D eigenvalue weighted by Gasteiger charge is 2.05. The average Bonchev–Trinajstić information content (AvgIpc) is 2.42. The zero-order chi connectivity index (χ0) is 13.5. The highest BCUT2D eigenvalue weighted by atomic mass is 35.5. The number of rotatable bonds is 6. The number of quaternary nitrogens is 1. The Hall–Kier alpha value is -1.51. The van der Waals surface area contributed by atoms with Gasteiger partial charge in [-0.3, -0.25) is 0 Å². The SMILES string of the molecule is C[NH+](CCOc1ccccc1Cl)Cc1ccccc1. The minimum atomic E-state index is 0.669. The molecule has 0 bridgehead atoms. The van der Waals surface area contributed by atoms with Gasteiger partial charge in [0.05, 0.1) is 12.1 Å². The summed E-state index contributed by atoms with van der Waals surface area (Å²) in [6, 6.07) is 18.1. The Labute approximate surface area is 119 Å². The lowest BCUT2D eigenvalue weighted by Crippen LogP contribution is -3.08. The van der Waals surface area contributed by atoms with E-state index in [2.05, 4.69) is 31.3 Å². The highest BCUT2D eigenvalue weighted by Crippen LogP contribution is 2.22. The molecule has 0 aromatic heterocycles. The number of hydrogen-bond acceptors (Lipinski definition) is 1. The van der Waals surface area contributed by atoms with Gasteiger partial charge in [0.2, 0.25) is 0 Å². The lowest BCUT2D eigenvalue weighted by atomic mass is 10.2. The molecule has 2 aromatic rings. The minimum Gasteiger partial charge on any atom is -0.486 e. The number of halogens is 1. The third kappa shape index (κ3) is 4.58. The van der Waals surface area contributed by atoms with Crippen LogP contribution in [-0.2, 0) is 6.54 Å². The van der Waals surface area contributed by atoms with Crippen molar-refractivity contribution in [3.05, 3.63) is 65.2 Å². The Morgan fingerprint density at radius 1 is 1.00 bits per heavy atom. The van der Waals surface area contributed by atoms with Gasteiger partial charge < -0.3 is 9.64 Å². The van der Waals surface area contributed by atoms with Crippen molar-refractivity contribution in [3.8, 4) is 5.75 Å². The number of likely N-dealkylation sites (N-methyl/N-ethyl adjacent to an activating group) is 1. The molecule has 19 heavy (non-hydrogen) atoms. The molecule has 2 nitrogen and oxygen atoms in total. The molecule has 0 saturated heterocycles. The molecular formula is C16H19ClNO+. The van der Waals surface area contributed by atoms with Crippen molar-refractivity contribution in [3.63, 3.8) is 0 Å². The number of para-hydroxylation sites is 1. The molecule has 1 unspecified atom stereocenters. The first-order valence-corrected chi connectivity index (χ1v) is 6.86. The molecule has 0 aliphatic carbocycles. The molecule has 0 aliphatic heterocycles. The zero-order valence-electron chi connectivity index (χ0n) is 11.1. The lowest BCUT2D eigenvalue weighted by molar-refractivity contribution is -0.893. The Balaban J connectivity index is 1.75. The summed E-state index contributed by atoms with van der Waals surface area (Å²) in [5.41, 5.74) is 1.35. The van der Waals surface area contributed by atoms with Crippen molar-refractivity contribution in [2.45, 2.75) is 6.54 Å². The van der Waals surface area contributed by atoms with Crippen LogP contribution in [0.1, 0.15) is 5.56 Å². The van der Waals surface area contributed by atoms with Gasteiger partial charge in [0.25, 0.3) is 0 Å². The molecular weight excluding hydrogens is 258 g/mol. The van der Waals surface area contributed by atoms with Crippen LogP contribution < -0.4 is 9.64 Å². The molecule has 2 rings (SSSR count). The third-order valence-electron chi connectivity index (χ3n) is 2.97. The summed E-state index contributed by atoms with van der Waals surface area (Å²) in [6.45, 7) is 2.62. The predicted molar refractivity (Wildman–Crippen MR) is 78.8 cm³/mol. The van der Waals surface area contributed by atoms with Gasteiger partial charge in [0.15, 0.2) is 0 Å². The van der Waals surface area contributed by atoms with E-state index in [0.29, 0.717) is 11.6 Å². The molecule has 0 radical (unpaired) electrons. The maximum Gasteiger partial charge on any atom is 0.138 e. The molecule has 0 fully saturated rings. The van der Waals surface area contributed by atoms with Crippen LogP contribution in [0.3, 0.4) is 0 Å². The summed E-state index contributed by atoms with van der Waals surface area (Å²) >= 11 is 6.04. The molecule has 1 atom stereocenters. The van der Waals surface area contributed by atoms with Crippen LogP contribution in [0.5, 0.6) is 5.75 Å². The fraction of sp³-hybridized carbons (Fsp3) is 0.250. The fourth-order valence-electron chi connectivity index (χ4n) is 1.93. The van der Waals surface area contributed by atoms with Crippen molar-refractivity contribution in [1.82, 2.24) is 0 Å². The summed E-state index contributed by atoms with van der Waals surface area (Å²) in [5.74, 6) is 0.761. The topological polar surface area (TPSA) is 13.7 Å². The quantitative estimate of drug-likeness (QED) is 0.856. The Kier molecular flexibility index (Phi) is 5.25. The Morgan fingerprint density at radius 2 is 1.68 bits per heavy atom. The van der Waals surface area contributed by atoms with E-state index in [1.165, 1.54) is 10.5 Å². The van der Waals surface area contributed by atoms with Crippen molar-refractivity contribution in [2.75, 3.05) is 20.2 Å². The van der Waals surface area contributed by atoms with Gasteiger partial charge in [0, 0.05) is 5.56 Å². The molecule has 0 spiro atoms. The second-order valence-corrected chi connectivity index (χ2v) is 5.06. The normalized spacial score (nSPS) is 12.1. The first kappa shape index (κ1) is 13.9. The van der Waals surface area contributed by atoms with Crippen LogP contribution in [0, 0.1) is 0 Å². The van der Waals surface area contributed by atoms with Crippen molar-refractivity contribution >= 4 is 11.6 Å². The molecule has 2 aromatic carbocycles. The second-order valence-electron chi connectivity index (χ2n) is 4.65. The Morgan fingerprint density at radius 3 is 2.42 bits per heavy atom. The lowest BCUT2D eigenvalue weighted by Gasteiger charge is -2.15. The van der Waals surface area contributed by atoms with Crippen LogP contribution in [0.2, 0.25) is 5.02 Å². The number of nitrogens with one attached hydrogen (secondary N) is 1. The van der Waals surface area contributed by atoms with Gasteiger partial charge in [-0.05, 0) is 12.1 Å².